The first-order chi connectivity index (χ1) is 10.8. The van der Waals surface area contributed by atoms with Crippen LogP contribution in [0.4, 0.5) is 0 Å². The number of fused-ring (bicyclic) bond motifs is 1. The Hall–Kier alpha value is -2.65. The number of hydrogen-bond donors (Lipinski definition) is 0. The van der Waals surface area contributed by atoms with Gasteiger partial charge in [-0.2, -0.15) is 0 Å². The van der Waals surface area contributed by atoms with E-state index in [0.717, 1.165) is 4.57 Å². The zero-order valence-electron chi connectivity index (χ0n) is 13.3. The van der Waals surface area contributed by atoms with Crippen LogP contribution in [0.5, 0.6) is 0 Å². The van der Waals surface area contributed by atoms with E-state index in [-0.39, 0.29) is 12.6 Å². The minimum atomic E-state index is -0.830. The van der Waals surface area contributed by atoms with Crippen LogP contribution in [-0.2, 0) is 18.4 Å². The molecule has 0 bridgehead atoms. The van der Waals surface area contributed by atoms with E-state index in [1.54, 1.807) is 4.57 Å². The van der Waals surface area contributed by atoms with E-state index in [1.165, 1.54) is 17.9 Å². The summed E-state index contributed by atoms with van der Waals surface area (Å²) in [7, 11) is 1.44. The molecular weight excluding hydrogens is 306 g/mol. The first-order valence-electron chi connectivity index (χ1n) is 7.28. The number of hydrogen-bond acceptors (Lipinski definition) is 6. The Kier molecular flexibility index (Phi) is 4.82. The number of nitrogens with zero attached hydrogens (tertiary/aromatic N) is 5. The molecule has 10 nitrogen and oxygen atoms in total. The molecule has 0 aliphatic heterocycles. The van der Waals surface area contributed by atoms with Crippen molar-refractivity contribution in [3.8, 4) is 0 Å². The first kappa shape index (κ1) is 16.7. The van der Waals surface area contributed by atoms with Gasteiger partial charge >= 0.3 is 5.69 Å². The quantitative estimate of drug-likeness (QED) is 0.415. The van der Waals surface area contributed by atoms with Gasteiger partial charge in [-0.1, -0.05) is 0 Å². The molecule has 0 unspecified atom stereocenters. The third-order valence-corrected chi connectivity index (χ3v) is 3.55. The highest BCUT2D eigenvalue weighted by Gasteiger charge is 2.17. The Morgan fingerprint density at radius 3 is 2.65 bits per heavy atom. The molecule has 0 aliphatic carbocycles. The lowest BCUT2D eigenvalue weighted by molar-refractivity contribution is -0.757. The fourth-order valence-electron chi connectivity index (χ4n) is 2.42. The minimum absolute atomic E-state index is 0.00828. The van der Waals surface area contributed by atoms with Gasteiger partial charge in [0.2, 0.25) is 0 Å². The van der Waals surface area contributed by atoms with Gasteiger partial charge in [0.1, 0.15) is 0 Å². The zero-order chi connectivity index (χ0) is 17.1. The van der Waals surface area contributed by atoms with Crippen molar-refractivity contribution in [1.29, 1.82) is 0 Å². The zero-order valence-corrected chi connectivity index (χ0v) is 13.3. The van der Waals surface area contributed by atoms with Crippen LogP contribution >= 0.6 is 0 Å². The lowest BCUT2D eigenvalue weighted by Gasteiger charge is -2.12. The number of rotatable bonds is 7. The molecule has 0 atom stereocenters. The van der Waals surface area contributed by atoms with E-state index in [2.05, 4.69) is 9.82 Å². The maximum Gasteiger partial charge on any atom is 0.332 e. The Morgan fingerprint density at radius 1 is 1.35 bits per heavy atom. The van der Waals surface area contributed by atoms with Gasteiger partial charge in [0.05, 0.1) is 12.9 Å². The number of imidazole rings is 1. The summed E-state index contributed by atoms with van der Waals surface area (Å²) in [4.78, 5) is 43.1. The Morgan fingerprint density at radius 2 is 2.04 bits per heavy atom. The molecule has 0 fully saturated rings. The molecule has 2 rings (SSSR count). The summed E-state index contributed by atoms with van der Waals surface area (Å²) in [5, 5.41) is 9.24. The summed E-state index contributed by atoms with van der Waals surface area (Å²) in [5.41, 5.74) is -0.0892. The third-order valence-electron chi connectivity index (χ3n) is 3.55. The second kappa shape index (κ2) is 6.63. The van der Waals surface area contributed by atoms with E-state index >= 15 is 0 Å². The predicted molar refractivity (Wildman–Crippen MR) is 81.8 cm³/mol. The number of unbranched alkanes of at least 4 members (excludes halogenated alkanes) is 1. The van der Waals surface area contributed by atoms with E-state index in [9.17, 15) is 19.7 Å². The molecule has 0 aromatic carbocycles. The Bertz CT molecular complexity index is 832. The van der Waals surface area contributed by atoms with Crippen LogP contribution in [0.15, 0.2) is 15.9 Å². The summed E-state index contributed by atoms with van der Waals surface area (Å²) in [6.45, 7) is 4.16. The summed E-state index contributed by atoms with van der Waals surface area (Å²) in [5.74, 6) is 0. The Labute approximate surface area is 131 Å². The molecule has 10 heteroatoms. The lowest BCUT2D eigenvalue weighted by Crippen LogP contribution is -2.39. The maximum atomic E-state index is 12.4. The normalized spacial score (nSPS) is 11.3. The van der Waals surface area contributed by atoms with Crippen molar-refractivity contribution >= 4 is 11.2 Å². The van der Waals surface area contributed by atoms with Gasteiger partial charge < -0.3 is 9.40 Å². The molecule has 0 N–H and O–H groups in total. The third kappa shape index (κ3) is 3.25. The average Bonchev–Trinajstić information content (AvgIpc) is 2.87. The molecule has 2 aromatic heterocycles. The SMILES string of the molecule is CC(C)n1c(=O)n(C)c(=O)c2c1ncn2CCCCO[N+](=O)[O-]. The molecule has 0 amide bonds. The van der Waals surface area contributed by atoms with Crippen molar-refractivity contribution < 1.29 is 9.92 Å². The van der Waals surface area contributed by atoms with E-state index in [4.69, 9.17) is 0 Å². The molecule has 2 aromatic rings. The minimum Gasteiger partial charge on any atom is -0.325 e. The van der Waals surface area contributed by atoms with Gasteiger partial charge in [-0.05, 0) is 26.7 Å². The highest BCUT2D eigenvalue weighted by molar-refractivity contribution is 5.70. The topological polar surface area (TPSA) is 114 Å². The summed E-state index contributed by atoms with van der Waals surface area (Å²) >= 11 is 0. The van der Waals surface area contributed by atoms with Gasteiger partial charge in [0.25, 0.3) is 10.6 Å². The lowest BCUT2D eigenvalue weighted by atomic mass is 10.3. The molecule has 0 saturated carbocycles. The summed E-state index contributed by atoms with van der Waals surface area (Å²) < 4.78 is 4.21. The van der Waals surface area contributed by atoms with Gasteiger partial charge in [0, 0.05) is 19.6 Å². The monoisotopic (exact) mass is 325 g/mol. The molecule has 2 heterocycles. The standard InChI is InChI=1S/C13H19N5O5/c1-9(2)17-11-10(12(19)15(3)13(17)20)16(8-14-11)6-4-5-7-23-18(21)22/h8-9H,4-7H2,1-3H3. The van der Waals surface area contributed by atoms with Crippen molar-refractivity contribution in [1.82, 2.24) is 18.7 Å². The van der Waals surface area contributed by atoms with E-state index in [0.29, 0.717) is 30.6 Å². The molecule has 126 valence electrons. The van der Waals surface area contributed by atoms with E-state index in [1.807, 2.05) is 13.8 Å². The number of aryl methyl sites for hydroxylation is 1. The maximum absolute atomic E-state index is 12.4. The Balaban J connectivity index is 2.31. The summed E-state index contributed by atoms with van der Waals surface area (Å²) in [6, 6.07) is -0.131. The van der Waals surface area contributed by atoms with Crippen LogP contribution in [0.25, 0.3) is 11.2 Å². The van der Waals surface area contributed by atoms with E-state index < -0.39 is 16.3 Å². The van der Waals surface area contributed by atoms with Crippen LogP contribution in [0.1, 0.15) is 32.7 Å². The smallest absolute Gasteiger partial charge is 0.325 e. The number of aromatic nitrogens is 4. The van der Waals surface area contributed by atoms with Crippen LogP contribution in [0.3, 0.4) is 0 Å². The van der Waals surface area contributed by atoms with Crippen LogP contribution in [-0.4, -0.2) is 30.4 Å². The van der Waals surface area contributed by atoms with Gasteiger partial charge in [-0.3, -0.25) is 13.9 Å². The van der Waals surface area contributed by atoms with Crippen LogP contribution in [0, 0.1) is 10.1 Å². The van der Waals surface area contributed by atoms with Crippen molar-refractivity contribution in [3.63, 3.8) is 0 Å². The van der Waals surface area contributed by atoms with Crippen molar-refractivity contribution in [2.24, 2.45) is 7.05 Å². The molecule has 23 heavy (non-hydrogen) atoms. The summed E-state index contributed by atoms with van der Waals surface area (Å²) in [6.07, 6.45) is 2.58. The average molecular weight is 325 g/mol. The van der Waals surface area contributed by atoms with Gasteiger partial charge in [-0.25, -0.2) is 9.78 Å². The first-order valence-corrected chi connectivity index (χ1v) is 7.28. The largest absolute Gasteiger partial charge is 0.332 e. The molecule has 0 radical (unpaired) electrons. The van der Waals surface area contributed by atoms with Crippen LogP contribution in [0.2, 0.25) is 0 Å². The van der Waals surface area contributed by atoms with Crippen molar-refractivity contribution in [3.05, 3.63) is 37.3 Å². The van der Waals surface area contributed by atoms with Crippen LogP contribution < -0.4 is 11.2 Å². The van der Waals surface area contributed by atoms with Crippen molar-refractivity contribution in [2.75, 3.05) is 6.61 Å². The highest BCUT2D eigenvalue weighted by Crippen LogP contribution is 2.12. The molecular formula is C13H19N5O5. The molecule has 0 spiro atoms. The van der Waals surface area contributed by atoms with Gasteiger partial charge in [0.15, 0.2) is 11.2 Å². The van der Waals surface area contributed by atoms with Gasteiger partial charge in [-0.15, -0.1) is 10.1 Å². The fraction of sp³-hybridized carbons (Fsp3) is 0.615. The fourth-order valence-corrected chi connectivity index (χ4v) is 2.42. The second-order valence-electron chi connectivity index (χ2n) is 5.48. The second-order valence-corrected chi connectivity index (χ2v) is 5.48. The molecule has 0 aliphatic rings. The molecule has 0 saturated heterocycles. The highest BCUT2D eigenvalue weighted by atomic mass is 16.9. The van der Waals surface area contributed by atoms with Crippen molar-refractivity contribution in [2.45, 2.75) is 39.3 Å². The predicted octanol–water partition coefficient (Wildman–Crippen LogP) is 0.466.